The number of benzene rings is 1. The maximum absolute atomic E-state index is 5.52. The molecule has 1 aromatic heterocycles. The van der Waals surface area contributed by atoms with Crippen molar-refractivity contribution < 1.29 is 4.74 Å². The fraction of sp³-hybridized carbons (Fsp3) is 0.100. The Labute approximate surface area is 95.8 Å². The van der Waals surface area contributed by atoms with Crippen molar-refractivity contribution in [2.24, 2.45) is 7.05 Å². The predicted octanol–water partition coefficient (Wildman–Crippen LogP) is 2.82. The van der Waals surface area contributed by atoms with E-state index in [9.17, 15) is 0 Å². The van der Waals surface area contributed by atoms with E-state index in [1.807, 2.05) is 43.6 Å². The molecule has 1 heterocycles. The average Bonchev–Trinajstić information content (AvgIpc) is 2.56. The smallest absolute Gasteiger partial charge is 0.238 e. The monoisotopic (exact) mass is 300 g/mol. The Morgan fingerprint density at radius 3 is 2.50 bits per heavy atom. The second-order valence-electron chi connectivity index (χ2n) is 2.88. The van der Waals surface area contributed by atoms with Crippen LogP contribution in [0.25, 0.3) is 0 Å². The lowest BCUT2D eigenvalue weighted by molar-refractivity contribution is 0.454. The Morgan fingerprint density at radius 2 is 1.93 bits per heavy atom. The minimum absolute atomic E-state index is 0.619. The molecule has 0 aliphatic rings. The Morgan fingerprint density at radius 1 is 1.21 bits per heavy atom. The Kier molecular flexibility index (Phi) is 2.72. The van der Waals surface area contributed by atoms with Crippen LogP contribution in [-0.2, 0) is 7.05 Å². The molecule has 1 aromatic carbocycles. The summed E-state index contributed by atoms with van der Waals surface area (Å²) < 4.78 is 8.42. The quantitative estimate of drug-likeness (QED) is 0.798. The zero-order chi connectivity index (χ0) is 9.97. The molecule has 4 heteroatoms. The molecule has 0 saturated carbocycles. The third kappa shape index (κ3) is 2.25. The summed E-state index contributed by atoms with van der Waals surface area (Å²) in [5.41, 5.74) is 0. The molecule has 0 unspecified atom stereocenters. The van der Waals surface area contributed by atoms with Crippen molar-refractivity contribution in [2.75, 3.05) is 0 Å². The predicted molar refractivity (Wildman–Crippen MR) is 62.4 cm³/mol. The Balaban J connectivity index is 2.15. The van der Waals surface area contributed by atoms with Crippen molar-refractivity contribution >= 4 is 22.6 Å². The zero-order valence-electron chi connectivity index (χ0n) is 7.64. The van der Waals surface area contributed by atoms with Gasteiger partial charge in [-0.3, -0.25) is 4.68 Å². The highest BCUT2D eigenvalue weighted by molar-refractivity contribution is 14.1. The average molecular weight is 300 g/mol. The molecule has 0 fully saturated rings. The molecule has 0 saturated heterocycles. The van der Waals surface area contributed by atoms with Crippen LogP contribution in [0.5, 0.6) is 11.6 Å². The third-order valence-corrected chi connectivity index (χ3v) is 2.44. The van der Waals surface area contributed by atoms with Gasteiger partial charge in [-0.2, -0.15) is 0 Å². The number of hydrogen-bond donors (Lipinski definition) is 0. The molecule has 0 amide bonds. The zero-order valence-corrected chi connectivity index (χ0v) is 9.80. The first kappa shape index (κ1) is 9.51. The van der Waals surface area contributed by atoms with Crippen LogP contribution in [0.1, 0.15) is 0 Å². The number of rotatable bonds is 2. The number of hydrogen-bond acceptors (Lipinski definition) is 2. The molecule has 2 rings (SSSR count). The van der Waals surface area contributed by atoms with E-state index in [4.69, 9.17) is 4.74 Å². The van der Waals surface area contributed by atoms with Gasteiger partial charge in [-0.05, 0) is 46.9 Å². The Hall–Kier alpha value is -1.04. The summed E-state index contributed by atoms with van der Waals surface area (Å²) in [5.74, 6) is 1.43. The van der Waals surface area contributed by atoms with Crippen LogP contribution >= 0.6 is 22.6 Å². The normalized spacial score (nSPS) is 10.1. The molecule has 0 spiro atoms. The summed E-state index contributed by atoms with van der Waals surface area (Å²) in [5, 5.41) is 4.12. The molecule has 0 aliphatic heterocycles. The van der Waals surface area contributed by atoms with E-state index >= 15 is 0 Å². The minimum Gasteiger partial charge on any atom is -0.438 e. The van der Waals surface area contributed by atoms with Crippen molar-refractivity contribution in [3.8, 4) is 11.6 Å². The summed E-state index contributed by atoms with van der Waals surface area (Å²) in [4.78, 5) is 0. The number of nitrogens with zero attached hydrogens (tertiary/aromatic N) is 2. The first-order valence-electron chi connectivity index (χ1n) is 4.17. The molecule has 14 heavy (non-hydrogen) atoms. The van der Waals surface area contributed by atoms with Crippen LogP contribution in [0, 0.1) is 3.57 Å². The highest BCUT2D eigenvalue weighted by Crippen LogP contribution is 2.19. The van der Waals surface area contributed by atoms with E-state index in [0.29, 0.717) is 5.88 Å². The number of aryl methyl sites for hydroxylation is 1. The summed E-state index contributed by atoms with van der Waals surface area (Å²) in [6.07, 6.45) is 1.85. The fourth-order valence-corrected chi connectivity index (χ4v) is 1.43. The SMILES string of the molecule is Cn1ccc(Oc2ccc(I)cc2)n1. The first-order valence-corrected chi connectivity index (χ1v) is 5.25. The van der Waals surface area contributed by atoms with Crippen LogP contribution in [0.3, 0.4) is 0 Å². The summed E-state index contributed by atoms with van der Waals surface area (Å²) in [6.45, 7) is 0. The van der Waals surface area contributed by atoms with Gasteiger partial charge in [-0.1, -0.05) is 0 Å². The van der Waals surface area contributed by atoms with Crippen LogP contribution in [0.15, 0.2) is 36.5 Å². The largest absolute Gasteiger partial charge is 0.438 e. The van der Waals surface area contributed by atoms with Gasteiger partial charge in [-0.25, -0.2) is 0 Å². The molecule has 0 radical (unpaired) electrons. The minimum atomic E-state index is 0.619. The lowest BCUT2D eigenvalue weighted by Crippen LogP contribution is -1.89. The highest BCUT2D eigenvalue weighted by Gasteiger charge is 1.99. The second kappa shape index (κ2) is 4.00. The van der Waals surface area contributed by atoms with Crippen LogP contribution < -0.4 is 4.74 Å². The van der Waals surface area contributed by atoms with Gasteiger partial charge in [0.25, 0.3) is 0 Å². The summed E-state index contributed by atoms with van der Waals surface area (Å²) in [6, 6.07) is 9.68. The number of halogens is 1. The van der Waals surface area contributed by atoms with E-state index in [2.05, 4.69) is 27.7 Å². The van der Waals surface area contributed by atoms with Crippen molar-refractivity contribution in [3.63, 3.8) is 0 Å². The van der Waals surface area contributed by atoms with Gasteiger partial charge in [-0.15, -0.1) is 5.10 Å². The van der Waals surface area contributed by atoms with Crippen molar-refractivity contribution in [1.82, 2.24) is 9.78 Å². The maximum Gasteiger partial charge on any atom is 0.238 e. The molecule has 0 N–H and O–H groups in total. The second-order valence-corrected chi connectivity index (χ2v) is 4.13. The van der Waals surface area contributed by atoms with Gasteiger partial charge in [0, 0.05) is 22.9 Å². The molecule has 0 atom stereocenters. The maximum atomic E-state index is 5.52. The molecule has 2 aromatic rings. The molecule has 3 nitrogen and oxygen atoms in total. The van der Waals surface area contributed by atoms with Gasteiger partial charge in [0.15, 0.2) is 0 Å². The molecule has 72 valence electrons. The third-order valence-electron chi connectivity index (χ3n) is 1.73. The van der Waals surface area contributed by atoms with Gasteiger partial charge in [0.1, 0.15) is 5.75 Å². The van der Waals surface area contributed by atoms with Crippen molar-refractivity contribution in [2.45, 2.75) is 0 Å². The lowest BCUT2D eigenvalue weighted by atomic mass is 10.3. The summed E-state index contributed by atoms with van der Waals surface area (Å²) >= 11 is 2.26. The van der Waals surface area contributed by atoms with Gasteiger partial charge >= 0.3 is 0 Å². The van der Waals surface area contributed by atoms with Crippen LogP contribution in [-0.4, -0.2) is 9.78 Å². The van der Waals surface area contributed by atoms with Gasteiger partial charge < -0.3 is 4.74 Å². The highest BCUT2D eigenvalue weighted by atomic mass is 127. The first-order chi connectivity index (χ1) is 6.74. The number of aromatic nitrogens is 2. The molecular weight excluding hydrogens is 291 g/mol. The standard InChI is InChI=1S/C10H9IN2O/c1-13-7-6-10(12-13)14-9-4-2-8(11)3-5-9/h2-7H,1H3. The van der Waals surface area contributed by atoms with Crippen molar-refractivity contribution in [1.29, 1.82) is 0 Å². The van der Waals surface area contributed by atoms with Gasteiger partial charge in [0.2, 0.25) is 5.88 Å². The van der Waals surface area contributed by atoms with Crippen LogP contribution in [0.2, 0.25) is 0 Å². The topological polar surface area (TPSA) is 27.1 Å². The van der Waals surface area contributed by atoms with E-state index in [0.717, 1.165) is 5.75 Å². The lowest BCUT2D eigenvalue weighted by Gasteiger charge is -2.00. The van der Waals surface area contributed by atoms with E-state index in [1.54, 1.807) is 4.68 Å². The Bertz CT molecular complexity index is 422. The number of ether oxygens (including phenoxy) is 1. The molecular formula is C10H9IN2O. The van der Waals surface area contributed by atoms with E-state index in [1.165, 1.54) is 3.57 Å². The molecule has 0 bridgehead atoms. The van der Waals surface area contributed by atoms with Crippen molar-refractivity contribution in [3.05, 3.63) is 40.1 Å². The molecule has 0 aliphatic carbocycles. The summed E-state index contributed by atoms with van der Waals surface area (Å²) in [7, 11) is 1.86. The van der Waals surface area contributed by atoms with Gasteiger partial charge in [0.05, 0.1) is 0 Å². The van der Waals surface area contributed by atoms with Crippen LogP contribution in [0.4, 0.5) is 0 Å². The van der Waals surface area contributed by atoms with E-state index < -0.39 is 0 Å². The van der Waals surface area contributed by atoms with E-state index in [-0.39, 0.29) is 0 Å². The fourth-order valence-electron chi connectivity index (χ4n) is 1.07.